The molecule has 1 amide bonds. The molecule has 0 fully saturated rings. The summed E-state index contributed by atoms with van der Waals surface area (Å²) in [6.07, 6.45) is -2.30. The molecule has 0 radical (unpaired) electrons. The van der Waals surface area contributed by atoms with Crippen LogP contribution in [0.5, 0.6) is 0 Å². The van der Waals surface area contributed by atoms with Gasteiger partial charge in [0.15, 0.2) is 0 Å². The van der Waals surface area contributed by atoms with Crippen LogP contribution < -0.4 is 4.90 Å². The van der Waals surface area contributed by atoms with E-state index in [2.05, 4.69) is 45.0 Å². The average Bonchev–Trinajstić information content (AvgIpc) is 2.75. The van der Waals surface area contributed by atoms with Gasteiger partial charge in [0.1, 0.15) is 0 Å². The van der Waals surface area contributed by atoms with Gasteiger partial charge in [0.25, 0.3) is 0 Å². The highest BCUT2D eigenvalue weighted by molar-refractivity contribution is 5.96. The fourth-order valence-corrected chi connectivity index (χ4v) is 4.32. The Kier molecular flexibility index (Phi) is 6.08. The topological polar surface area (TPSA) is 20.3 Å². The highest BCUT2D eigenvalue weighted by atomic mass is 19.4. The molecule has 1 aliphatic rings. The Bertz CT molecular complexity index is 1140. The van der Waals surface area contributed by atoms with Crippen molar-refractivity contribution in [3.8, 4) is 11.1 Å². The minimum absolute atomic E-state index is 0.0866. The van der Waals surface area contributed by atoms with Crippen LogP contribution in [-0.4, -0.2) is 5.91 Å². The zero-order valence-corrected chi connectivity index (χ0v) is 19.2. The molecule has 0 saturated carbocycles. The summed E-state index contributed by atoms with van der Waals surface area (Å²) in [4.78, 5) is 14.5. The number of nitrogens with zero attached hydrogens (tertiary/aromatic N) is 1. The quantitative estimate of drug-likeness (QED) is 0.404. The number of alkyl halides is 3. The lowest BCUT2D eigenvalue weighted by atomic mass is 9.88. The lowest BCUT2D eigenvalue weighted by molar-refractivity contribution is -0.137. The minimum Gasteiger partial charge on any atom is -0.308 e. The Labute approximate surface area is 193 Å². The molecule has 3 aromatic rings. The van der Waals surface area contributed by atoms with Crippen LogP contribution in [0.25, 0.3) is 11.1 Å². The Morgan fingerprint density at radius 3 is 2.00 bits per heavy atom. The van der Waals surface area contributed by atoms with E-state index in [1.807, 2.05) is 23.1 Å². The van der Waals surface area contributed by atoms with Gasteiger partial charge in [-0.05, 0) is 70.3 Å². The van der Waals surface area contributed by atoms with Gasteiger partial charge in [-0.1, -0.05) is 63.2 Å². The van der Waals surface area contributed by atoms with Crippen LogP contribution in [0.15, 0.2) is 66.7 Å². The summed E-state index contributed by atoms with van der Waals surface area (Å²) in [5.41, 5.74) is 5.39. The predicted molar refractivity (Wildman–Crippen MR) is 126 cm³/mol. The third-order valence-electron chi connectivity index (χ3n) is 5.92. The number of hydrogen-bond acceptors (Lipinski definition) is 1. The van der Waals surface area contributed by atoms with Gasteiger partial charge in [-0.25, -0.2) is 0 Å². The number of carbonyl (C=O) groups is 1. The monoisotopic (exact) mass is 451 g/mol. The standard InChI is InChI=1S/C28H28F3NO/c1-27(2,3)17-19-4-6-20(7-5-19)18-32-25-14-10-22(16-23(25)11-15-26(32)33)21-8-12-24(13-9-21)28(29,30)31/h4-10,12-14,16H,11,15,17-18H2,1-3H3. The number of hydrogen-bond donors (Lipinski definition) is 0. The molecule has 0 aliphatic carbocycles. The Hall–Kier alpha value is -3.08. The number of amides is 1. The molecule has 1 aliphatic heterocycles. The molecule has 5 heteroatoms. The molecule has 33 heavy (non-hydrogen) atoms. The van der Waals surface area contributed by atoms with E-state index in [4.69, 9.17) is 0 Å². The molecule has 0 spiro atoms. The van der Waals surface area contributed by atoms with Gasteiger partial charge in [0.05, 0.1) is 12.1 Å². The zero-order valence-electron chi connectivity index (χ0n) is 19.2. The van der Waals surface area contributed by atoms with Crippen LogP contribution in [0.4, 0.5) is 18.9 Å². The van der Waals surface area contributed by atoms with Crippen molar-refractivity contribution in [1.82, 2.24) is 0 Å². The van der Waals surface area contributed by atoms with Gasteiger partial charge < -0.3 is 4.90 Å². The van der Waals surface area contributed by atoms with Crippen molar-refractivity contribution < 1.29 is 18.0 Å². The zero-order chi connectivity index (χ0) is 23.8. The van der Waals surface area contributed by atoms with Gasteiger partial charge >= 0.3 is 6.18 Å². The Balaban J connectivity index is 1.55. The first kappa shape index (κ1) is 23.1. The van der Waals surface area contributed by atoms with Crippen LogP contribution in [0.3, 0.4) is 0 Å². The highest BCUT2D eigenvalue weighted by Crippen LogP contribution is 2.35. The second kappa shape index (κ2) is 8.69. The number of fused-ring (bicyclic) bond motifs is 1. The lowest BCUT2D eigenvalue weighted by Crippen LogP contribution is -2.34. The molecular weight excluding hydrogens is 423 g/mol. The smallest absolute Gasteiger partial charge is 0.308 e. The fraction of sp³-hybridized carbons (Fsp3) is 0.321. The molecule has 4 rings (SSSR count). The Morgan fingerprint density at radius 2 is 1.39 bits per heavy atom. The van der Waals surface area contributed by atoms with Crippen molar-refractivity contribution in [2.24, 2.45) is 5.41 Å². The van der Waals surface area contributed by atoms with Crippen LogP contribution in [0, 0.1) is 5.41 Å². The number of aryl methyl sites for hydroxylation is 1. The number of benzene rings is 3. The summed E-state index contributed by atoms with van der Waals surface area (Å²) in [5, 5.41) is 0. The van der Waals surface area contributed by atoms with Crippen molar-refractivity contribution >= 4 is 11.6 Å². The largest absolute Gasteiger partial charge is 0.416 e. The molecule has 2 nitrogen and oxygen atoms in total. The van der Waals surface area contributed by atoms with E-state index in [1.54, 1.807) is 0 Å². The van der Waals surface area contributed by atoms with Gasteiger partial charge in [0, 0.05) is 12.1 Å². The fourth-order valence-electron chi connectivity index (χ4n) is 4.32. The normalized spacial score (nSPS) is 14.4. The van der Waals surface area contributed by atoms with Crippen molar-refractivity contribution in [3.63, 3.8) is 0 Å². The van der Waals surface area contributed by atoms with E-state index in [0.29, 0.717) is 19.4 Å². The van der Waals surface area contributed by atoms with Crippen LogP contribution in [0.2, 0.25) is 0 Å². The molecule has 0 aromatic heterocycles. The van der Waals surface area contributed by atoms with Gasteiger partial charge in [-0.15, -0.1) is 0 Å². The molecule has 0 unspecified atom stereocenters. The molecule has 1 heterocycles. The first-order valence-electron chi connectivity index (χ1n) is 11.2. The summed E-state index contributed by atoms with van der Waals surface area (Å²) in [6.45, 7) is 7.14. The third-order valence-corrected chi connectivity index (χ3v) is 5.92. The van der Waals surface area contributed by atoms with Gasteiger partial charge in [0.2, 0.25) is 5.91 Å². The number of rotatable bonds is 4. The number of carbonyl (C=O) groups excluding carboxylic acids is 1. The van der Waals surface area contributed by atoms with E-state index in [9.17, 15) is 18.0 Å². The third kappa shape index (κ3) is 5.47. The SMILES string of the molecule is CC(C)(C)Cc1ccc(CN2C(=O)CCc3cc(-c4ccc(C(F)(F)F)cc4)ccc32)cc1. The van der Waals surface area contributed by atoms with E-state index < -0.39 is 11.7 Å². The van der Waals surface area contributed by atoms with E-state index in [0.717, 1.165) is 46.5 Å². The molecule has 0 bridgehead atoms. The Morgan fingerprint density at radius 1 is 0.788 bits per heavy atom. The van der Waals surface area contributed by atoms with E-state index in [1.165, 1.54) is 17.7 Å². The summed E-state index contributed by atoms with van der Waals surface area (Å²) < 4.78 is 38.6. The van der Waals surface area contributed by atoms with Crippen molar-refractivity contribution in [2.45, 2.75) is 52.8 Å². The molecule has 3 aromatic carbocycles. The molecule has 0 saturated heterocycles. The van der Waals surface area contributed by atoms with Crippen LogP contribution >= 0.6 is 0 Å². The van der Waals surface area contributed by atoms with Gasteiger partial charge in [-0.3, -0.25) is 4.79 Å². The maximum absolute atomic E-state index is 12.9. The summed E-state index contributed by atoms with van der Waals surface area (Å²) in [5.74, 6) is 0.0866. The van der Waals surface area contributed by atoms with Crippen molar-refractivity contribution in [2.75, 3.05) is 4.90 Å². The first-order chi connectivity index (χ1) is 15.5. The predicted octanol–water partition coefficient (Wildman–Crippen LogP) is 7.44. The minimum atomic E-state index is -4.35. The second-order valence-electron chi connectivity index (χ2n) is 9.95. The van der Waals surface area contributed by atoms with Crippen molar-refractivity contribution in [3.05, 3.63) is 89.0 Å². The number of halogens is 3. The van der Waals surface area contributed by atoms with E-state index in [-0.39, 0.29) is 11.3 Å². The van der Waals surface area contributed by atoms with Crippen LogP contribution in [0.1, 0.15) is 49.4 Å². The van der Waals surface area contributed by atoms with Crippen molar-refractivity contribution in [1.29, 1.82) is 0 Å². The molecule has 0 N–H and O–H groups in total. The summed E-state index contributed by atoms with van der Waals surface area (Å²) in [6, 6.07) is 19.4. The molecular formula is C28H28F3NO. The first-order valence-corrected chi connectivity index (χ1v) is 11.2. The molecule has 0 atom stereocenters. The summed E-state index contributed by atoms with van der Waals surface area (Å²) in [7, 11) is 0. The maximum Gasteiger partial charge on any atom is 0.416 e. The number of anilines is 1. The average molecular weight is 452 g/mol. The maximum atomic E-state index is 12.9. The van der Waals surface area contributed by atoms with E-state index >= 15 is 0 Å². The van der Waals surface area contributed by atoms with Crippen LogP contribution in [-0.2, 0) is 30.4 Å². The van der Waals surface area contributed by atoms with Gasteiger partial charge in [-0.2, -0.15) is 13.2 Å². The highest BCUT2D eigenvalue weighted by Gasteiger charge is 2.30. The molecule has 172 valence electrons. The summed E-state index contributed by atoms with van der Waals surface area (Å²) >= 11 is 0. The lowest BCUT2D eigenvalue weighted by Gasteiger charge is -2.30. The second-order valence-corrected chi connectivity index (χ2v) is 9.95.